The molecule has 3 rings (SSSR count). The maximum Gasteiger partial charge on any atom is 0.225 e. The van der Waals surface area contributed by atoms with E-state index in [0.29, 0.717) is 11.9 Å². The van der Waals surface area contributed by atoms with E-state index in [1.807, 2.05) is 12.1 Å². The van der Waals surface area contributed by atoms with Crippen LogP contribution >= 0.6 is 0 Å². The molecule has 1 aliphatic carbocycles. The first-order valence-electron chi connectivity index (χ1n) is 5.68. The second-order valence-corrected chi connectivity index (χ2v) is 4.19. The largest absolute Gasteiger partial charge is 0.445 e. The average Bonchev–Trinajstić information content (AvgIpc) is 2.77. The Balaban J connectivity index is 1.82. The minimum atomic E-state index is 0.653. The van der Waals surface area contributed by atoms with Gasteiger partial charge < -0.3 is 9.73 Å². The zero-order valence-corrected chi connectivity index (χ0v) is 9.02. The lowest BCUT2D eigenvalue weighted by molar-refractivity contribution is 0.445. The Labute approximate surface area is 94.5 Å². The maximum atomic E-state index is 5.28. The predicted molar refractivity (Wildman–Crippen MR) is 63.2 cm³/mol. The molecule has 0 amide bonds. The number of hydrogen-bond acceptors (Lipinski definition) is 3. The number of aromatic nitrogens is 1. The molecule has 0 unspecified atom stereocenters. The molecule has 2 aromatic rings. The molecule has 1 aromatic heterocycles. The third-order valence-electron chi connectivity index (χ3n) is 3.02. The van der Waals surface area contributed by atoms with E-state index in [9.17, 15) is 0 Å². The number of anilines is 1. The summed E-state index contributed by atoms with van der Waals surface area (Å²) in [4.78, 5) is 4.15. The first-order valence-corrected chi connectivity index (χ1v) is 5.68. The lowest BCUT2D eigenvalue weighted by atomic mass is 9.93. The van der Waals surface area contributed by atoms with Crippen molar-refractivity contribution in [3.63, 3.8) is 0 Å². The van der Waals surface area contributed by atoms with Crippen molar-refractivity contribution in [1.82, 2.24) is 4.98 Å². The summed E-state index contributed by atoms with van der Waals surface area (Å²) in [6.07, 6.45) is 7.17. The smallest absolute Gasteiger partial charge is 0.225 e. The van der Waals surface area contributed by atoms with Gasteiger partial charge in [0.15, 0.2) is 0 Å². The topological polar surface area (TPSA) is 38.1 Å². The fraction of sp³-hybridized carbons (Fsp3) is 0.308. The Morgan fingerprint density at radius 1 is 1.31 bits per heavy atom. The number of hydrogen-bond donors (Lipinski definition) is 1. The van der Waals surface area contributed by atoms with E-state index in [-0.39, 0.29) is 0 Å². The minimum absolute atomic E-state index is 0.653. The Hall–Kier alpha value is -1.77. The molecule has 0 atom stereocenters. The third-order valence-corrected chi connectivity index (χ3v) is 3.02. The van der Waals surface area contributed by atoms with E-state index >= 15 is 0 Å². The van der Waals surface area contributed by atoms with Gasteiger partial charge in [0.05, 0.1) is 6.20 Å². The molecule has 0 aliphatic heterocycles. The first kappa shape index (κ1) is 9.46. The highest BCUT2D eigenvalue weighted by Gasteiger charge is 2.16. The molecule has 1 heterocycles. The number of benzene rings is 1. The van der Waals surface area contributed by atoms with Gasteiger partial charge in [0.1, 0.15) is 6.26 Å². The Morgan fingerprint density at radius 2 is 2.25 bits per heavy atom. The Kier molecular flexibility index (Phi) is 2.37. The van der Waals surface area contributed by atoms with Crippen molar-refractivity contribution in [2.24, 2.45) is 0 Å². The fourth-order valence-corrected chi connectivity index (χ4v) is 1.90. The van der Waals surface area contributed by atoms with Crippen LogP contribution in [0.15, 0.2) is 41.1 Å². The van der Waals surface area contributed by atoms with Crippen LogP contribution < -0.4 is 5.32 Å². The molecule has 1 aromatic carbocycles. The van der Waals surface area contributed by atoms with E-state index in [0.717, 1.165) is 11.3 Å². The van der Waals surface area contributed by atoms with Crippen molar-refractivity contribution in [3.05, 3.63) is 36.7 Å². The Bertz CT molecular complexity index is 461. The molecule has 1 aliphatic rings. The van der Waals surface area contributed by atoms with Crippen molar-refractivity contribution < 1.29 is 4.42 Å². The van der Waals surface area contributed by atoms with Crippen LogP contribution in [0.1, 0.15) is 19.3 Å². The van der Waals surface area contributed by atoms with Gasteiger partial charge >= 0.3 is 0 Å². The van der Waals surface area contributed by atoms with Crippen LogP contribution in [0.3, 0.4) is 0 Å². The summed E-state index contributed by atoms with van der Waals surface area (Å²) in [7, 11) is 0. The summed E-state index contributed by atoms with van der Waals surface area (Å²) in [6.45, 7) is 0. The highest BCUT2D eigenvalue weighted by molar-refractivity contribution is 5.61. The van der Waals surface area contributed by atoms with Gasteiger partial charge in [-0.3, -0.25) is 0 Å². The van der Waals surface area contributed by atoms with Crippen LogP contribution in [0.25, 0.3) is 11.5 Å². The molecule has 0 spiro atoms. The number of nitrogens with zero attached hydrogens (tertiary/aromatic N) is 1. The molecule has 0 radical (unpaired) electrons. The summed E-state index contributed by atoms with van der Waals surface area (Å²) in [5.74, 6) is 0.678. The quantitative estimate of drug-likeness (QED) is 0.851. The molecule has 3 heteroatoms. The van der Waals surface area contributed by atoms with Crippen LogP contribution in [-0.4, -0.2) is 11.0 Å². The number of rotatable bonds is 3. The summed E-state index contributed by atoms with van der Waals surface area (Å²) in [6, 6.07) is 8.87. The highest BCUT2D eigenvalue weighted by Crippen LogP contribution is 2.26. The summed E-state index contributed by atoms with van der Waals surface area (Å²) >= 11 is 0. The number of nitrogens with one attached hydrogen (secondary N) is 1. The SMILES string of the molecule is c1cc(NC2CCC2)cc(-c2ncco2)c1. The fourth-order valence-electron chi connectivity index (χ4n) is 1.90. The molecule has 1 fully saturated rings. The molecule has 3 nitrogen and oxygen atoms in total. The van der Waals surface area contributed by atoms with E-state index in [1.165, 1.54) is 19.3 Å². The van der Waals surface area contributed by atoms with Crippen molar-refractivity contribution >= 4 is 5.69 Å². The second-order valence-electron chi connectivity index (χ2n) is 4.19. The molecule has 82 valence electrons. The lowest BCUT2D eigenvalue weighted by Gasteiger charge is -2.27. The van der Waals surface area contributed by atoms with E-state index < -0.39 is 0 Å². The highest BCUT2D eigenvalue weighted by atomic mass is 16.3. The zero-order chi connectivity index (χ0) is 10.8. The molecule has 1 N–H and O–H groups in total. The molecular formula is C13H14N2O. The normalized spacial score (nSPS) is 15.8. The third kappa shape index (κ3) is 1.81. The van der Waals surface area contributed by atoms with Crippen LogP contribution in [-0.2, 0) is 0 Å². The second kappa shape index (κ2) is 4.00. The number of oxazole rings is 1. The van der Waals surface area contributed by atoms with Gasteiger partial charge in [0.25, 0.3) is 0 Å². The first-order chi connectivity index (χ1) is 7.92. The molecule has 0 bridgehead atoms. The van der Waals surface area contributed by atoms with Crippen LogP contribution in [0.4, 0.5) is 5.69 Å². The molecular weight excluding hydrogens is 200 g/mol. The Morgan fingerprint density at radius 3 is 2.94 bits per heavy atom. The average molecular weight is 214 g/mol. The molecule has 1 saturated carbocycles. The maximum absolute atomic E-state index is 5.28. The zero-order valence-electron chi connectivity index (χ0n) is 9.02. The van der Waals surface area contributed by atoms with Gasteiger partial charge in [0, 0.05) is 17.3 Å². The monoisotopic (exact) mass is 214 g/mol. The van der Waals surface area contributed by atoms with E-state index in [2.05, 4.69) is 22.4 Å². The van der Waals surface area contributed by atoms with Gasteiger partial charge in [-0.25, -0.2) is 4.98 Å². The van der Waals surface area contributed by atoms with Crippen molar-refractivity contribution in [3.8, 4) is 11.5 Å². The van der Waals surface area contributed by atoms with Crippen LogP contribution in [0.5, 0.6) is 0 Å². The summed E-state index contributed by atoms with van der Waals surface area (Å²) in [5, 5.41) is 3.51. The van der Waals surface area contributed by atoms with Crippen molar-refractivity contribution in [1.29, 1.82) is 0 Å². The van der Waals surface area contributed by atoms with Gasteiger partial charge in [-0.1, -0.05) is 6.07 Å². The lowest BCUT2D eigenvalue weighted by Crippen LogP contribution is -2.26. The minimum Gasteiger partial charge on any atom is -0.445 e. The van der Waals surface area contributed by atoms with E-state index in [1.54, 1.807) is 12.5 Å². The molecule has 16 heavy (non-hydrogen) atoms. The summed E-state index contributed by atoms with van der Waals surface area (Å²) < 4.78 is 5.28. The summed E-state index contributed by atoms with van der Waals surface area (Å²) in [5.41, 5.74) is 2.18. The van der Waals surface area contributed by atoms with E-state index in [4.69, 9.17) is 4.42 Å². The van der Waals surface area contributed by atoms with Gasteiger partial charge in [-0.2, -0.15) is 0 Å². The standard InChI is InChI=1S/C13H14N2O/c1-3-10(13-14-7-8-16-13)9-12(6-1)15-11-4-2-5-11/h1,3,6-9,11,15H,2,4-5H2. The van der Waals surface area contributed by atoms with Crippen LogP contribution in [0, 0.1) is 0 Å². The van der Waals surface area contributed by atoms with Gasteiger partial charge in [-0.05, 0) is 37.5 Å². The molecule has 0 saturated heterocycles. The van der Waals surface area contributed by atoms with Gasteiger partial charge in [-0.15, -0.1) is 0 Å². The van der Waals surface area contributed by atoms with Gasteiger partial charge in [0.2, 0.25) is 5.89 Å². The van der Waals surface area contributed by atoms with Crippen molar-refractivity contribution in [2.45, 2.75) is 25.3 Å². The van der Waals surface area contributed by atoms with Crippen molar-refractivity contribution in [2.75, 3.05) is 5.32 Å². The van der Waals surface area contributed by atoms with Crippen LogP contribution in [0.2, 0.25) is 0 Å². The predicted octanol–water partition coefficient (Wildman–Crippen LogP) is 3.31.